The summed E-state index contributed by atoms with van der Waals surface area (Å²) in [5.41, 5.74) is 1.24. The summed E-state index contributed by atoms with van der Waals surface area (Å²) in [7, 11) is 1.73. The summed E-state index contributed by atoms with van der Waals surface area (Å²) in [6, 6.07) is 2.14. The summed E-state index contributed by atoms with van der Waals surface area (Å²) in [4.78, 5) is 2.30. The quantitative estimate of drug-likeness (QED) is 0.660. The van der Waals surface area contributed by atoms with Crippen LogP contribution in [-0.4, -0.2) is 38.3 Å². The Morgan fingerprint density at radius 2 is 2.32 bits per heavy atom. The summed E-state index contributed by atoms with van der Waals surface area (Å²) >= 11 is 0. The SMILES string of the molecule is C=CCN(CCOC)Cc1cc(CNCC)oc1C. The summed E-state index contributed by atoms with van der Waals surface area (Å²) in [5.74, 6) is 2.00. The van der Waals surface area contributed by atoms with E-state index in [0.29, 0.717) is 0 Å². The van der Waals surface area contributed by atoms with Gasteiger partial charge in [-0.2, -0.15) is 0 Å². The summed E-state index contributed by atoms with van der Waals surface area (Å²) in [5, 5.41) is 3.27. The van der Waals surface area contributed by atoms with E-state index in [4.69, 9.17) is 9.15 Å². The van der Waals surface area contributed by atoms with Gasteiger partial charge in [0, 0.05) is 32.3 Å². The molecule has 0 unspecified atom stereocenters. The fourth-order valence-corrected chi connectivity index (χ4v) is 1.96. The first-order chi connectivity index (χ1) is 9.21. The van der Waals surface area contributed by atoms with Gasteiger partial charge in [-0.1, -0.05) is 13.0 Å². The molecule has 0 saturated heterocycles. The Morgan fingerprint density at radius 1 is 1.53 bits per heavy atom. The fourth-order valence-electron chi connectivity index (χ4n) is 1.96. The van der Waals surface area contributed by atoms with Gasteiger partial charge in [0.25, 0.3) is 0 Å². The minimum absolute atomic E-state index is 0.731. The number of methoxy groups -OCH3 is 1. The van der Waals surface area contributed by atoms with Crippen molar-refractivity contribution >= 4 is 0 Å². The van der Waals surface area contributed by atoms with Crippen molar-refractivity contribution in [3.63, 3.8) is 0 Å². The van der Waals surface area contributed by atoms with Gasteiger partial charge in [0.05, 0.1) is 13.2 Å². The molecule has 0 aliphatic carbocycles. The first-order valence-electron chi connectivity index (χ1n) is 6.82. The molecule has 0 amide bonds. The van der Waals surface area contributed by atoms with Gasteiger partial charge < -0.3 is 14.5 Å². The first kappa shape index (κ1) is 16.0. The van der Waals surface area contributed by atoms with Crippen molar-refractivity contribution in [2.24, 2.45) is 0 Å². The van der Waals surface area contributed by atoms with Crippen LogP contribution in [0.2, 0.25) is 0 Å². The van der Waals surface area contributed by atoms with Gasteiger partial charge >= 0.3 is 0 Å². The maximum Gasteiger partial charge on any atom is 0.118 e. The summed E-state index contributed by atoms with van der Waals surface area (Å²) < 4.78 is 10.9. The van der Waals surface area contributed by atoms with Crippen LogP contribution < -0.4 is 5.32 Å². The Bertz CT molecular complexity index is 374. The number of nitrogens with zero attached hydrogens (tertiary/aromatic N) is 1. The average molecular weight is 266 g/mol. The van der Waals surface area contributed by atoms with E-state index in [1.54, 1.807) is 7.11 Å². The number of ether oxygens (including phenoxy) is 1. The van der Waals surface area contributed by atoms with E-state index < -0.39 is 0 Å². The molecule has 0 atom stereocenters. The van der Waals surface area contributed by atoms with Gasteiger partial charge in [0.1, 0.15) is 11.5 Å². The minimum atomic E-state index is 0.731. The van der Waals surface area contributed by atoms with Crippen LogP contribution in [0, 0.1) is 6.92 Å². The van der Waals surface area contributed by atoms with Gasteiger partial charge in [0.15, 0.2) is 0 Å². The van der Waals surface area contributed by atoms with Crippen molar-refractivity contribution in [1.29, 1.82) is 0 Å². The van der Waals surface area contributed by atoms with Gasteiger partial charge in [-0.3, -0.25) is 4.90 Å². The average Bonchev–Trinajstić information content (AvgIpc) is 2.74. The molecule has 0 bridgehead atoms. The van der Waals surface area contributed by atoms with Crippen LogP contribution >= 0.6 is 0 Å². The second-order valence-electron chi connectivity index (χ2n) is 4.59. The van der Waals surface area contributed by atoms with Gasteiger partial charge in [0.2, 0.25) is 0 Å². The highest BCUT2D eigenvalue weighted by Gasteiger charge is 2.11. The Morgan fingerprint density at radius 3 is 2.95 bits per heavy atom. The fraction of sp³-hybridized carbons (Fsp3) is 0.600. The predicted molar refractivity (Wildman–Crippen MR) is 78.2 cm³/mol. The molecule has 108 valence electrons. The number of nitrogens with one attached hydrogen (secondary N) is 1. The van der Waals surface area contributed by atoms with Crippen LogP contribution in [0.3, 0.4) is 0 Å². The maximum atomic E-state index is 5.75. The molecule has 0 aliphatic rings. The Balaban J connectivity index is 2.61. The highest BCUT2D eigenvalue weighted by molar-refractivity contribution is 5.20. The molecule has 4 nitrogen and oxygen atoms in total. The van der Waals surface area contributed by atoms with Crippen LogP contribution in [0.25, 0.3) is 0 Å². The molecule has 1 rings (SSSR count). The van der Waals surface area contributed by atoms with Crippen LogP contribution in [-0.2, 0) is 17.8 Å². The zero-order valence-corrected chi connectivity index (χ0v) is 12.4. The highest BCUT2D eigenvalue weighted by atomic mass is 16.5. The van der Waals surface area contributed by atoms with E-state index in [2.05, 4.69) is 29.8 Å². The van der Waals surface area contributed by atoms with E-state index >= 15 is 0 Å². The first-order valence-corrected chi connectivity index (χ1v) is 6.82. The van der Waals surface area contributed by atoms with E-state index in [9.17, 15) is 0 Å². The number of rotatable bonds is 10. The van der Waals surface area contributed by atoms with Crippen molar-refractivity contribution < 1.29 is 9.15 Å². The molecular formula is C15H26N2O2. The summed E-state index contributed by atoms with van der Waals surface area (Å²) in [6.07, 6.45) is 1.92. The number of aryl methyl sites for hydroxylation is 1. The lowest BCUT2D eigenvalue weighted by Crippen LogP contribution is -2.27. The molecule has 0 saturated carbocycles. The van der Waals surface area contributed by atoms with Crippen molar-refractivity contribution in [1.82, 2.24) is 10.2 Å². The Labute approximate surface area is 116 Å². The van der Waals surface area contributed by atoms with Crippen LogP contribution in [0.4, 0.5) is 0 Å². The van der Waals surface area contributed by atoms with Gasteiger partial charge in [-0.15, -0.1) is 6.58 Å². The zero-order valence-electron chi connectivity index (χ0n) is 12.4. The van der Waals surface area contributed by atoms with Crippen LogP contribution in [0.5, 0.6) is 0 Å². The molecule has 0 radical (unpaired) electrons. The maximum absolute atomic E-state index is 5.75. The molecule has 0 aromatic carbocycles. The molecule has 1 N–H and O–H groups in total. The second-order valence-corrected chi connectivity index (χ2v) is 4.59. The second kappa shape index (κ2) is 8.91. The number of hydrogen-bond acceptors (Lipinski definition) is 4. The van der Waals surface area contributed by atoms with E-state index in [1.807, 2.05) is 13.0 Å². The number of hydrogen-bond donors (Lipinski definition) is 1. The van der Waals surface area contributed by atoms with Gasteiger partial charge in [-0.25, -0.2) is 0 Å². The van der Waals surface area contributed by atoms with Crippen molar-refractivity contribution in [3.8, 4) is 0 Å². The largest absolute Gasteiger partial charge is 0.465 e. The standard InChI is InChI=1S/C15H26N2O2/c1-5-7-17(8-9-18-4)12-14-10-15(11-16-6-2)19-13(14)3/h5,10,16H,1,6-9,11-12H2,2-4H3. The molecule has 19 heavy (non-hydrogen) atoms. The third-order valence-electron chi connectivity index (χ3n) is 3.01. The van der Waals surface area contributed by atoms with Crippen LogP contribution in [0.15, 0.2) is 23.1 Å². The highest BCUT2D eigenvalue weighted by Crippen LogP contribution is 2.16. The van der Waals surface area contributed by atoms with Crippen molar-refractivity contribution in [3.05, 3.63) is 35.8 Å². The molecule has 1 aromatic rings. The van der Waals surface area contributed by atoms with Crippen molar-refractivity contribution in [2.45, 2.75) is 26.9 Å². The van der Waals surface area contributed by atoms with E-state index in [-0.39, 0.29) is 0 Å². The lowest BCUT2D eigenvalue weighted by Gasteiger charge is -2.19. The molecule has 0 aliphatic heterocycles. The molecule has 0 fully saturated rings. The molecule has 1 heterocycles. The lowest BCUT2D eigenvalue weighted by atomic mass is 10.2. The number of furan rings is 1. The predicted octanol–water partition coefficient (Wildman–Crippen LogP) is 2.33. The molecule has 0 spiro atoms. The zero-order chi connectivity index (χ0) is 14.1. The third kappa shape index (κ3) is 5.59. The summed E-state index contributed by atoms with van der Waals surface area (Å²) in [6.45, 7) is 13.0. The lowest BCUT2D eigenvalue weighted by molar-refractivity contribution is 0.151. The normalized spacial score (nSPS) is 11.2. The van der Waals surface area contributed by atoms with Gasteiger partial charge in [-0.05, 0) is 19.5 Å². The third-order valence-corrected chi connectivity index (χ3v) is 3.01. The molecular weight excluding hydrogens is 240 g/mol. The topological polar surface area (TPSA) is 37.6 Å². The van der Waals surface area contributed by atoms with E-state index in [1.165, 1.54) is 5.56 Å². The Hall–Kier alpha value is -1.10. The molecule has 4 heteroatoms. The minimum Gasteiger partial charge on any atom is -0.465 e. The smallest absolute Gasteiger partial charge is 0.118 e. The van der Waals surface area contributed by atoms with Crippen LogP contribution in [0.1, 0.15) is 24.0 Å². The van der Waals surface area contributed by atoms with E-state index in [0.717, 1.165) is 50.9 Å². The van der Waals surface area contributed by atoms with Crippen molar-refractivity contribution in [2.75, 3.05) is 33.4 Å². The Kier molecular flexibility index (Phi) is 7.48. The monoisotopic (exact) mass is 266 g/mol. The molecule has 1 aromatic heterocycles.